The zero-order valence-electron chi connectivity index (χ0n) is 10.3. The van der Waals surface area contributed by atoms with E-state index >= 15 is 0 Å². The summed E-state index contributed by atoms with van der Waals surface area (Å²) in [7, 11) is 0. The van der Waals surface area contributed by atoms with E-state index in [0.29, 0.717) is 13.1 Å². The van der Waals surface area contributed by atoms with Crippen molar-refractivity contribution < 1.29 is 9.53 Å². The van der Waals surface area contributed by atoms with Gasteiger partial charge in [0, 0.05) is 11.9 Å². The number of carbonyl (C=O) groups excluding carboxylic acids is 1. The summed E-state index contributed by atoms with van der Waals surface area (Å²) in [4.78, 5) is 12.4. The van der Waals surface area contributed by atoms with Gasteiger partial charge in [-0.25, -0.2) is 0 Å². The lowest BCUT2D eigenvalue weighted by Crippen LogP contribution is -1.80. The van der Waals surface area contributed by atoms with Gasteiger partial charge in [-0.2, -0.15) is 0 Å². The molecule has 0 fully saturated rings. The summed E-state index contributed by atoms with van der Waals surface area (Å²) < 4.78 is 4.15. The van der Waals surface area contributed by atoms with E-state index in [0.717, 1.165) is 0 Å². The Balaban J connectivity index is 0.000000385. The van der Waals surface area contributed by atoms with Crippen LogP contribution in [0.1, 0.15) is 38.4 Å². The maximum atomic E-state index is 9.18. The minimum absolute atomic E-state index is 0.431. The molecule has 0 aromatic carbocycles. The topological polar surface area (TPSA) is 42.1 Å². The first-order valence-corrected chi connectivity index (χ1v) is 5.63. The van der Waals surface area contributed by atoms with Gasteiger partial charge < -0.3 is 9.72 Å². The van der Waals surface area contributed by atoms with E-state index in [9.17, 15) is 4.79 Å². The highest BCUT2D eigenvalue weighted by Gasteiger charge is 1.93. The maximum Gasteiger partial charge on any atom is 0.293 e. The predicted octanol–water partition coefficient (Wildman–Crippen LogP) is 3.18. The average Bonchev–Trinajstić information content (AvgIpc) is 2.69. The second-order valence-corrected chi connectivity index (χ2v) is 3.26. The maximum absolute atomic E-state index is 9.18. The lowest BCUT2D eigenvalue weighted by Gasteiger charge is -1.86. The summed E-state index contributed by atoms with van der Waals surface area (Å²) in [5, 5.41) is 0. The van der Waals surface area contributed by atoms with Crippen LogP contribution in [0.2, 0.25) is 0 Å². The summed E-state index contributed by atoms with van der Waals surface area (Å²) in [6, 6.07) is 2.20. The lowest BCUT2D eigenvalue weighted by molar-refractivity contribution is -0.128. The molecule has 1 N–H and O–H groups in total. The molecule has 90 valence electrons. The van der Waals surface area contributed by atoms with Crippen molar-refractivity contribution in [2.45, 2.75) is 33.6 Å². The number of aryl methyl sites for hydroxylation is 1. The van der Waals surface area contributed by atoms with Crippen LogP contribution in [0, 0.1) is 0 Å². The largest absolute Gasteiger partial charge is 0.468 e. The first-order valence-electron chi connectivity index (χ1n) is 5.63. The summed E-state index contributed by atoms with van der Waals surface area (Å²) in [6.45, 7) is 6.89. The van der Waals surface area contributed by atoms with Crippen LogP contribution in [-0.4, -0.2) is 18.1 Å². The molecule has 0 aliphatic carbocycles. The molecule has 1 heterocycles. The quantitative estimate of drug-likeness (QED) is 0.779. The van der Waals surface area contributed by atoms with Gasteiger partial charge in [0.2, 0.25) is 0 Å². The molecule has 0 spiro atoms. The van der Waals surface area contributed by atoms with Crippen LogP contribution in [0.3, 0.4) is 0 Å². The summed E-state index contributed by atoms with van der Waals surface area (Å²) >= 11 is 0. The van der Waals surface area contributed by atoms with Gasteiger partial charge in [-0.05, 0) is 38.0 Å². The van der Waals surface area contributed by atoms with Crippen molar-refractivity contribution in [2.24, 2.45) is 0 Å². The molecule has 0 saturated carbocycles. The zero-order chi connectivity index (χ0) is 12.2. The molecule has 0 unspecified atom stereocenters. The van der Waals surface area contributed by atoms with E-state index in [-0.39, 0.29) is 0 Å². The average molecular weight is 223 g/mol. The second kappa shape index (κ2) is 10.0. The molecule has 0 aliphatic rings. The van der Waals surface area contributed by atoms with Crippen molar-refractivity contribution in [1.29, 1.82) is 0 Å². The van der Waals surface area contributed by atoms with Gasteiger partial charge in [-0.3, -0.25) is 4.79 Å². The molecule has 0 radical (unpaired) electrons. The van der Waals surface area contributed by atoms with Gasteiger partial charge in [0.15, 0.2) is 0 Å². The highest BCUT2D eigenvalue weighted by molar-refractivity contribution is 5.45. The van der Waals surface area contributed by atoms with E-state index in [1.54, 1.807) is 6.92 Å². The molecule has 1 rings (SSSR count). The lowest BCUT2D eigenvalue weighted by atomic mass is 10.2. The minimum Gasteiger partial charge on any atom is -0.468 e. The minimum atomic E-state index is 0.431. The molecule has 0 saturated heterocycles. The Morgan fingerprint density at radius 3 is 2.62 bits per heavy atom. The number of aromatic amines is 1. The van der Waals surface area contributed by atoms with Crippen LogP contribution in [0.15, 0.2) is 18.3 Å². The standard InChI is InChI=1S/C10H15N.C3H6O2/c1-3-5-9-7-10(6-4-2)11-8-9;1-2-5-3-4/h4,6-8,11H,3,5H2,1-2H3;3H,2H2,1H3/b6-4+;. The van der Waals surface area contributed by atoms with Crippen molar-refractivity contribution in [1.82, 2.24) is 4.98 Å². The fourth-order valence-electron chi connectivity index (χ4n) is 1.24. The third-order valence-electron chi connectivity index (χ3n) is 1.88. The van der Waals surface area contributed by atoms with Crippen molar-refractivity contribution in [3.8, 4) is 0 Å². The molecular formula is C13H21NO2. The van der Waals surface area contributed by atoms with Crippen LogP contribution in [0.4, 0.5) is 0 Å². The summed E-state index contributed by atoms with van der Waals surface area (Å²) in [5.74, 6) is 0. The number of hydrogen-bond acceptors (Lipinski definition) is 2. The van der Waals surface area contributed by atoms with Crippen LogP contribution in [-0.2, 0) is 16.0 Å². The molecule has 16 heavy (non-hydrogen) atoms. The molecule has 1 aromatic rings. The predicted molar refractivity (Wildman–Crippen MR) is 67.2 cm³/mol. The van der Waals surface area contributed by atoms with Crippen LogP contribution in [0.5, 0.6) is 0 Å². The van der Waals surface area contributed by atoms with E-state index < -0.39 is 0 Å². The van der Waals surface area contributed by atoms with Gasteiger partial charge in [0.1, 0.15) is 0 Å². The van der Waals surface area contributed by atoms with Gasteiger partial charge in [-0.1, -0.05) is 19.4 Å². The fourth-order valence-corrected chi connectivity index (χ4v) is 1.24. The summed E-state index contributed by atoms with van der Waals surface area (Å²) in [6.07, 6.45) is 8.60. The molecule has 0 bridgehead atoms. The van der Waals surface area contributed by atoms with E-state index in [4.69, 9.17) is 0 Å². The second-order valence-electron chi connectivity index (χ2n) is 3.26. The third-order valence-corrected chi connectivity index (χ3v) is 1.88. The molecule has 0 amide bonds. The van der Waals surface area contributed by atoms with Crippen molar-refractivity contribution in [2.75, 3.05) is 6.61 Å². The number of rotatable bonds is 5. The number of aromatic nitrogens is 1. The highest BCUT2D eigenvalue weighted by Crippen LogP contribution is 2.07. The molecule has 3 heteroatoms. The first kappa shape index (κ1) is 14.5. The Kier molecular flexibility index (Phi) is 9.08. The van der Waals surface area contributed by atoms with E-state index in [1.807, 2.05) is 13.0 Å². The number of allylic oxidation sites excluding steroid dienone is 1. The number of H-pyrrole nitrogens is 1. The van der Waals surface area contributed by atoms with Crippen molar-refractivity contribution >= 4 is 12.5 Å². The number of nitrogens with one attached hydrogen (secondary N) is 1. The van der Waals surface area contributed by atoms with Gasteiger partial charge in [-0.15, -0.1) is 0 Å². The smallest absolute Gasteiger partial charge is 0.293 e. The third kappa shape index (κ3) is 6.87. The molecule has 1 aromatic heterocycles. The molecule has 0 atom stereocenters. The number of ether oxygens (including phenoxy) is 1. The van der Waals surface area contributed by atoms with Crippen molar-refractivity contribution in [3.63, 3.8) is 0 Å². The molecular weight excluding hydrogens is 202 g/mol. The first-order chi connectivity index (χ1) is 7.78. The van der Waals surface area contributed by atoms with Gasteiger partial charge in [0.25, 0.3) is 6.47 Å². The number of carbonyl (C=O) groups is 1. The number of hydrogen-bond donors (Lipinski definition) is 1. The Hall–Kier alpha value is -1.51. The normalized spacial score (nSPS) is 9.69. The Labute approximate surface area is 97.5 Å². The Bertz CT molecular complexity index is 303. The highest BCUT2D eigenvalue weighted by atomic mass is 16.5. The SMILES string of the molecule is C/C=C/c1cc(CCC)c[nH]1.CCOC=O. The van der Waals surface area contributed by atoms with Crippen LogP contribution < -0.4 is 0 Å². The fraction of sp³-hybridized carbons (Fsp3) is 0.462. The summed E-state index contributed by atoms with van der Waals surface area (Å²) in [5.41, 5.74) is 2.61. The Morgan fingerprint density at radius 2 is 2.19 bits per heavy atom. The van der Waals surface area contributed by atoms with Gasteiger partial charge in [0.05, 0.1) is 6.61 Å². The Morgan fingerprint density at radius 1 is 1.44 bits per heavy atom. The molecule has 0 aliphatic heterocycles. The van der Waals surface area contributed by atoms with E-state index in [1.165, 1.54) is 24.1 Å². The van der Waals surface area contributed by atoms with E-state index in [2.05, 4.69) is 35.0 Å². The van der Waals surface area contributed by atoms with Gasteiger partial charge >= 0.3 is 0 Å². The monoisotopic (exact) mass is 223 g/mol. The zero-order valence-corrected chi connectivity index (χ0v) is 10.3. The van der Waals surface area contributed by atoms with Crippen LogP contribution in [0.25, 0.3) is 6.08 Å². The van der Waals surface area contributed by atoms with Crippen LogP contribution >= 0.6 is 0 Å². The van der Waals surface area contributed by atoms with Crippen molar-refractivity contribution in [3.05, 3.63) is 29.6 Å². The molecule has 3 nitrogen and oxygen atoms in total.